The highest BCUT2D eigenvalue weighted by Gasteiger charge is 2.25. The summed E-state index contributed by atoms with van der Waals surface area (Å²) in [6, 6.07) is 15.8. The van der Waals surface area contributed by atoms with Crippen molar-refractivity contribution >= 4 is 51.0 Å². The lowest BCUT2D eigenvalue weighted by Gasteiger charge is -2.14. The van der Waals surface area contributed by atoms with Gasteiger partial charge in [-0.3, -0.25) is 14.2 Å². The molecular formula is C34H31N3O6S2. The lowest BCUT2D eigenvalue weighted by atomic mass is 9.97. The number of carbonyl (C=O) groups excluding carboxylic acids is 3. The molecule has 45 heavy (non-hydrogen) atoms. The summed E-state index contributed by atoms with van der Waals surface area (Å²) in [5.74, 6) is -1.29. The molecule has 6 rings (SSSR count). The van der Waals surface area contributed by atoms with Crippen molar-refractivity contribution in [3.05, 3.63) is 103 Å². The van der Waals surface area contributed by atoms with Gasteiger partial charge in [0.05, 0.1) is 42.2 Å². The Morgan fingerprint density at radius 1 is 0.889 bits per heavy atom. The molecule has 1 aliphatic carbocycles. The fourth-order valence-electron chi connectivity index (χ4n) is 5.95. The first-order valence-corrected chi connectivity index (χ1v) is 16.3. The minimum atomic E-state index is -0.599. The van der Waals surface area contributed by atoms with Gasteiger partial charge in [0.15, 0.2) is 10.9 Å². The van der Waals surface area contributed by atoms with Crippen LogP contribution in [0.1, 0.15) is 65.7 Å². The summed E-state index contributed by atoms with van der Waals surface area (Å²) in [4.78, 5) is 59.4. The highest BCUT2D eigenvalue weighted by atomic mass is 32.2. The van der Waals surface area contributed by atoms with Crippen molar-refractivity contribution in [2.24, 2.45) is 0 Å². The van der Waals surface area contributed by atoms with Gasteiger partial charge in [-0.15, -0.1) is 11.3 Å². The summed E-state index contributed by atoms with van der Waals surface area (Å²) in [7, 11) is 2.54. The second-order valence-corrected chi connectivity index (χ2v) is 12.9. The van der Waals surface area contributed by atoms with Gasteiger partial charge >= 0.3 is 11.9 Å². The molecule has 0 bridgehead atoms. The molecule has 0 saturated heterocycles. The Morgan fingerprint density at radius 3 is 2.22 bits per heavy atom. The van der Waals surface area contributed by atoms with Crippen LogP contribution >= 0.6 is 23.1 Å². The van der Waals surface area contributed by atoms with E-state index in [0.717, 1.165) is 41.8 Å². The Kier molecular flexibility index (Phi) is 8.48. The third-order valence-corrected chi connectivity index (χ3v) is 10.2. The molecule has 11 heteroatoms. The van der Waals surface area contributed by atoms with Crippen LogP contribution in [-0.2, 0) is 22.3 Å². The summed E-state index contributed by atoms with van der Waals surface area (Å²) in [5.41, 5.74) is 4.47. The number of hydrogen-bond donors (Lipinski definition) is 0. The first-order chi connectivity index (χ1) is 21.7. The van der Waals surface area contributed by atoms with E-state index in [4.69, 9.17) is 14.5 Å². The average Bonchev–Trinajstić information content (AvgIpc) is 3.58. The van der Waals surface area contributed by atoms with E-state index in [1.165, 1.54) is 36.9 Å². The van der Waals surface area contributed by atoms with Gasteiger partial charge in [-0.2, -0.15) is 0 Å². The van der Waals surface area contributed by atoms with Crippen molar-refractivity contribution in [3.63, 3.8) is 0 Å². The maximum atomic E-state index is 14.0. The van der Waals surface area contributed by atoms with Crippen LogP contribution in [0.5, 0.6) is 0 Å². The number of benzene rings is 2. The van der Waals surface area contributed by atoms with Crippen LogP contribution in [0.4, 0.5) is 0 Å². The van der Waals surface area contributed by atoms with Crippen molar-refractivity contribution in [2.45, 2.75) is 44.7 Å². The van der Waals surface area contributed by atoms with E-state index in [2.05, 4.69) is 0 Å². The fourth-order valence-corrected chi connectivity index (χ4v) is 8.15. The maximum absolute atomic E-state index is 14.0. The first-order valence-electron chi connectivity index (χ1n) is 14.5. The summed E-state index contributed by atoms with van der Waals surface area (Å²) >= 11 is 2.82. The standard InChI is InChI=1S/C34H31N3O6S2/c1-19-14-26(20(2)36(19)24-16-21(32(40)42-3)15-22(17-24)33(41)43-4)27(38)18-44-34-35-30-29(25-12-8-9-13-28(25)45-30)31(39)37(34)23-10-6-5-7-11-23/h5-7,10-11,14-17H,8-9,12-13,18H2,1-4H3. The number of carbonyl (C=O) groups is 3. The van der Waals surface area contributed by atoms with E-state index in [1.54, 1.807) is 34.1 Å². The number of aryl methyl sites for hydroxylation is 3. The molecule has 0 aliphatic heterocycles. The number of ether oxygens (including phenoxy) is 2. The molecule has 0 amide bonds. The number of esters is 2. The van der Waals surface area contributed by atoms with Gasteiger partial charge in [-0.1, -0.05) is 30.0 Å². The molecule has 3 heterocycles. The monoisotopic (exact) mass is 641 g/mol. The number of para-hydroxylation sites is 1. The highest BCUT2D eigenvalue weighted by Crippen LogP contribution is 2.35. The van der Waals surface area contributed by atoms with E-state index in [9.17, 15) is 19.2 Å². The first kappa shape index (κ1) is 30.5. The maximum Gasteiger partial charge on any atom is 0.337 e. The zero-order valence-electron chi connectivity index (χ0n) is 25.3. The molecule has 1 aliphatic rings. The van der Waals surface area contributed by atoms with Crippen LogP contribution in [0.2, 0.25) is 0 Å². The number of rotatable bonds is 8. The molecule has 0 atom stereocenters. The van der Waals surface area contributed by atoms with Crippen molar-refractivity contribution in [1.82, 2.24) is 14.1 Å². The molecule has 0 radical (unpaired) electrons. The molecule has 0 fully saturated rings. The topological polar surface area (TPSA) is 109 Å². The van der Waals surface area contributed by atoms with Crippen LogP contribution in [0.15, 0.2) is 64.5 Å². The van der Waals surface area contributed by atoms with E-state index in [-0.39, 0.29) is 28.2 Å². The van der Waals surface area contributed by atoms with Gasteiger partial charge in [0.2, 0.25) is 0 Å². The lowest BCUT2D eigenvalue weighted by molar-refractivity contribution is 0.0598. The van der Waals surface area contributed by atoms with E-state index >= 15 is 0 Å². The number of fused-ring (bicyclic) bond motifs is 3. The summed E-state index contributed by atoms with van der Waals surface area (Å²) < 4.78 is 13.2. The fraction of sp³-hybridized carbons (Fsp3) is 0.265. The van der Waals surface area contributed by atoms with Gasteiger partial charge in [-0.25, -0.2) is 14.6 Å². The Labute approximate surface area is 267 Å². The Morgan fingerprint density at radius 2 is 1.56 bits per heavy atom. The van der Waals surface area contributed by atoms with Gasteiger partial charge in [-0.05, 0) is 81.5 Å². The molecular weight excluding hydrogens is 611 g/mol. The Balaban J connectivity index is 1.36. The molecule has 230 valence electrons. The molecule has 9 nitrogen and oxygen atoms in total. The van der Waals surface area contributed by atoms with Crippen LogP contribution < -0.4 is 5.56 Å². The van der Waals surface area contributed by atoms with Crippen molar-refractivity contribution < 1.29 is 23.9 Å². The molecule has 0 N–H and O–H groups in total. The van der Waals surface area contributed by atoms with Crippen molar-refractivity contribution in [1.29, 1.82) is 0 Å². The highest BCUT2D eigenvalue weighted by molar-refractivity contribution is 7.99. The smallest absolute Gasteiger partial charge is 0.337 e. The van der Waals surface area contributed by atoms with Crippen LogP contribution in [0.3, 0.4) is 0 Å². The van der Waals surface area contributed by atoms with Gasteiger partial charge in [0, 0.05) is 27.5 Å². The number of thiophene rings is 1. The summed E-state index contributed by atoms with van der Waals surface area (Å²) in [6.07, 6.45) is 4.01. The van der Waals surface area contributed by atoms with E-state index in [0.29, 0.717) is 33.2 Å². The van der Waals surface area contributed by atoms with Crippen LogP contribution in [0, 0.1) is 13.8 Å². The number of ketones is 1. The SMILES string of the molecule is COC(=O)c1cc(C(=O)OC)cc(-n2c(C)cc(C(=O)CSc3nc4sc5c(c4c(=O)n3-c3ccccc3)CCCC5)c2C)c1. The number of hydrogen-bond acceptors (Lipinski definition) is 9. The summed E-state index contributed by atoms with van der Waals surface area (Å²) in [6.45, 7) is 3.66. The largest absolute Gasteiger partial charge is 0.465 e. The Bertz CT molecular complexity index is 2010. The second-order valence-electron chi connectivity index (χ2n) is 10.8. The van der Waals surface area contributed by atoms with E-state index < -0.39 is 11.9 Å². The molecule has 3 aromatic heterocycles. The quantitative estimate of drug-likeness (QED) is 0.0843. The average molecular weight is 642 g/mol. The molecule has 5 aromatic rings. The number of nitrogens with zero attached hydrogens (tertiary/aromatic N) is 3. The predicted molar refractivity (Wildman–Crippen MR) is 175 cm³/mol. The predicted octanol–water partition coefficient (Wildman–Crippen LogP) is 6.28. The summed E-state index contributed by atoms with van der Waals surface area (Å²) in [5, 5.41) is 1.16. The van der Waals surface area contributed by atoms with Gasteiger partial charge < -0.3 is 14.0 Å². The molecule has 0 unspecified atom stereocenters. The van der Waals surface area contributed by atoms with Gasteiger partial charge in [0.1, 0.15) is 4.83 Å². The normalized spacial score (nSPS) is 12.6. The Hall–Kier alpha value is -4.48. The third-order valence-electron chi connectivity index (χ3n) is 8.05. The van der Waals surface area contributed by atoms with Crippen LogP contribution in [0.25, 0.3) is 21.6 Å². The molecule has 0 spiro atoms. The lowest BCUT2D eigenvalue weighted by Crippen LogP contribution is -2.22. The minimum absolute atomic E-state index is 0.0514. The van der Waals surface area contributed by atoms with E-state index in [1.807, 2.05) is 48.7 Å². The number of aromatic nitrogens is 3. The molecule has 2 aromatic carbocycles. The van der Waals surface area contributed by atoms with Crippen molar-refractivity contribution in [3.8, 4) is 11.4 Å². The third kappa shape index (κ3) is 5.62. The number of methoxy groups -OCH3 is 2. The molecule has 0 saturated carbocycles. The van der Waals surface area contributed by atoms with Crippen molar-refractivity contribution in [2.75, 3.05) is 20.0 Å². The number of Topliss-reactive ketones (excluding diaryl/α,β-unsaturated/α-hetero) is 1. The zero-order chi connectivity index (χ0) is 31.8. The minimum Gasteiger partial charge on any atom is -0.465 e. The van der Waals surface area contributed by atoms with Gasteiger partial charge in [0.25, 0.3) is 5.56 Å². The second kappa shape index (κ2) is 12.5. The zero-order valence-corrected chi connectivity index (χ0v) is 27.0. The number of thioether (sulfide) groups is 1. The van der Waals surface area contributed by atoms with Crippen LogP contribution in [-0.4, -0.2) is 51.8 Å².